The number of nitrogens with zero attached hydrogens (tertiary/aromatic N) is 2. The molecular weight excluding hydrogens is 322 g/mol. The topological polar surface area (TPSA) is 77.3 Å². The Bertz CT molecular complexity index is 609. The minimum absolute atomic E-state index is 0.375. The van der Waals surface area contributed by atoms with Gasteiger partial charge in [-0.2, -0.15) is 0 Å². The zero-order chi connectivity index (χ0) is 17.8. The summed E-state index contributed by atoms with van der Waals surface area (Å²) in [7, 11) is 2.97. The molecule has 0 unspecified atom stereocenters. The molecule has 2 N–H and O–H groups in total. The van der Waals surface area contributed by atoms with Crippen LogP contribution in [0.5, 0.6) is 5.75 Å². The Morgan fingerprint density at radius 2 is 1.84 bits per heavy atom. The monoisotopic (exact) mass is 349 g/mol. The molecule has 0 bridgehead atoms. The second kappa shape index (κ2) is 7.93. The molecule has 3 rings (SSSR count). The molecule has 0 atom stereocenters. The lowest BCUT2D eigenvalue weighted by Gasteiger charge is -2.41. The summed E-state index contributed by atoms with van der Waals surface area (Å²) in [6, 6.07) is 4.07. The standard InChI is InChI=1S/C18H27N3O4/c1-23-17-12-16(14(11-15(17)19)18(22)24-2)21-5-3-13(4-6-21)20-7-9-25-10-8-20/h11-13H,3-10,19H2,1-2H3. The number of methoxy groups -OCH3 is 2. The number of nitrogen functional groups attached to an aromatic ring is 1. The van der Waals surface area contributed by atoms with Crippen molar-refractivity contribution in [1.29, 1.82) is 0 Å². The number of morpholine rings is 1. The van der Waals surface area contributed by atoms with E-state index in [1.54, 1.807) is 13.2 Å². The van der Waals surface area contributed by atoms with Gasteiger partial charge in [-0.15, -0.1) is 0 Å². The maximum Gasteiger partial charge on any atom is 0.340 e. The minimum atomic E-state index is -0.375. The molecule has 25 heavy (non-hydrogen) atoms. The number of carbonyl (C=O) groups excluding carboxylic acids is 1. The van der Waals surface area contributed by atoms with Gasteiger partial charge in [0, 0.05) is 38.3 Å². The zero-order valence-corrected chi connectivity index (χ0v) is 15.0. The first-order valence-electron chi connectivity index (χ1n) is 8.76. The smallest absolute Gasteiger partial charge is 0.340 e. The van der Waals surface area contributed by atoms with Crippen molar-refractivity contribution in [3.8, 4) is 5.75 Å². The van der Waals surface area contributed by atoms with Crippen LogP contribution in [-0.4, -0.2) is 70.5 Å². The number of benzene rings is 1. The fraction of sp³-hybridized carbons (Fsp3) is 0.611. The first-order chi connectivity index (χ1) is 12.1. The van der Waals surface area contributed by atoms with Crippen molar-refractivity contribution in [2.24, 2.45) is 0 Å². The van der Waals surface area contributed by atoms with Crippen LogP contribution >= 0.6 is 0 Å². The van der Waals surface area contributed by atoms with Gasteiger partial charge in [-0.1, -0.05) is 0 Å². The number of nitrogens with two attached hydrogens (primary N) is 1. The van der Waals surface area contributed by atoms with Gasteiger partial charge in [-0.05, 0) is 18.9 Å². The first-order valence-corrected chi connectivity index (χ1v) is 8.76. The highest BCUT2D eigenvalue weighted by molar-refractivity contribution is 5.97. The van der Waals surface area contributed by atoms with Gasteiger partial charge in [0.05, 0.1) is 44.4 Å². The number of carbonyl (C=O) groups is 1. The summed E-state index contributed by atoms with van der Waals surface area (Å²) in [6.45, 7) is 5.43. The highest BCUT2D eigenvalue weighted by atomic mass is 16.5. The van der Waals surface area contributed by atoms with Gasteiger partial charge in [-0.25, -0.2) is 4.79 Å². The molecule has 0 amide bonds. The largest absolute Gasteiger partial charge is 0.495 e. The second-order valence-electron chi connectivity index (χ2n) is 6.47. The van der Waals surface area contributed by atoms with Gasteiger partial charge in [0.2, 0.25) is 0 Å². The van der Waals surface area contributed by atoms with Crippen molar-refractivity contribution in [2.45, 2.75) is 18.9 Å². The van der Waals surface area contributed by atoms with Crippen LogP contribution in [0.1, 0.15) is 23.2 Å². The van der Waals surface area contributed by atoms with Crippen LogP contribution in [0.15, 0.2) is 12.1 Å². The van der Waals surface area contributed by atoms with Crippen molar-refractivity contribution in [3.63, 3.8) is 0 Å². The Labute approximate surface area is 148 Å². The third kappa shape index (κ3) is 3.82. The lowest BCUT2D eigenvalue weighted by Crippen LogP contribution is -2.49. The van der Waals surface area contributed by atoms with Crippen LogP contribution < -0.4 is 15.4 Å². The van der Waals surface area contributed by atoms with E-state index >= 15 is 0 Å². The zero-order valence-electron chi connectivity index (χ0n) is 15.0. The van der Waals surface area contributed by atoms with E-state index in [9.17, 15) is 4.79 Å². The van der Waals surface area contributed by atoms with Crippen LogP contribution in [0, 0.1) is 0 Å². The molecule has 2 aliphatic heterocycles. The summed E-state index contributed by atoms with van der Waals surface area (Å²) < 4.78 is 15.7. The number of esters is 1. The fourth-order valence-corrected chi connectivity index (χ4v) is 3.71. The second-order valence-corrected chi connectivity index (χ2v) is 6.47. The summed E-state index contributed by atoms with van der Waals surface area (Å²) in [5, 5.41) is 0. The molecule has 0 aromatic heterocycles. The van der Waals surface area contributed by atoms with E-state index in [2.05, 4.69) is 9.80 Å². The predicted molar refractivity (Wildman–Crippen MR) is 96.4 cm³/mol. The molecule has 0 spiro atoms. The number of anilines is 2. The number of ether oxygens (including phenoxy) is 3. The van der Waals surface area contributed by atoms with Crippen molar-refractivity contribution in [2.75, 3.05) is 64.2 Å². The average Bonchev–Trinajstić information content (AvgIpc) is 2.68. The molecule has 2 saturated heterocycles. The van der Waals surface area contributed by atoms with Crippen molar-refractivity contribution in [1.82, 2.24) is 4.90 Å². The van der Waals surface area contributed by atoms with E-state index in [1.165, 1.54) is 7.11 Å². The lowest BCUT2D eigenvalue weighted by molar-refractivity contribution is 0.0115. The number of rotatable bonds is 4. The normalized spacial score (nSPS) is 19.7. The molecule has 1 aromatic rings. The fourth-order valence-electron chi connectivity index (χ4n) is 3.71. The molecule has 7 heteroatoms. The van der Waals surface area contributed by atoms with Gasteiger partial charge < -0.3 is 24.8 Å². The molecule has 1 aromatic carbocycles. The Morgan fingerprint density at radius 3 is 2.44 bits per heavy atom. The summed E-state index contributed by atoms with van der Waals surface area (Å²) in [6.07, 6.45) is 2.13. The lowest BCUT2D eigenvalue weighted by atomic mass is 10.0. The van der Waals surface area contributed by atoms with Gasteiger partial charge in [-0.3, -0.25) is 4.90 Å². The van der Waals surface area contributed by atoms with Crippen LogP contribution in [-0.2, 0) is 9.47 Å². The molecule has 0 saturated carbocycles. The molecular formula is C18H27N3O4. The molecule has 2 heterocycles. The summed E-state index contributed by atoms with van der Waals surface area (Å²) >= 11 is 0. The molecule has 0 aliphatic carbocycles. The van der Waals surface area contributed by atoms with E-state index in [-0.39, 0.29) is 5.97 Å². The van der Waals surface area contributed by atoms with Crippen LogP contribution in [0.3, 0.4) is 0 Å². The molecule has 0 radical (unpaired) electrons. The number of hydrogen-bond acceptors (Lipinski definition) is 7. The number of piperidine rings is 1. The average molecular weight is 349 g/mol. The van der Waals surface area contributed by atoms with Gasteiger partial charge in [0.15, 0.2) is 0 Å². The SMILES string of the molecule is COC(=O)c1cc(N)c(OC)cc1N1CCC(N2CCOCC2)CC1. The van der Waals surface area contributed by atoms with Gasteiger partial charge >= 0.3 is 5.97 Å². The van der Waals surface area contributed by atoms with Crippen molar-refractivity contribution < 1.29 is 19.0 Å². The minimum Gasteiger partial charge on any atom is -0.495 e. The van der Waals surface area contributed by atoms with E-state index in [4.69, 9.17) is 19.9 Å². The summed E-state index contributed by atoms with van der Waals surface area (Å²) in [4.78, 5) is 16.9. The summed E-state index contributed by atoms with van der Waals surface area (Å²) in [5.41, 5.74) is 7.74. The van der Waals surface area contributed by atoms with E-state index in [0.717, 1.165) is 57.9 Å². The molecule has 2 fully saturated rings. The van der Waals surface area contributed by atoms with E-state index < -0.39 is 0 Å². The highest BCUT2D eigenvalue weighted by Crippen LogP contribution is 2.34. The Balaban J connectivity index is 1.76. The predicted octanol–water partition coefficient (Wildman–Crippen LogP) is 1.37. The van der Waals surface area contributed by atoms with Crippen molar-refractivity contribution in [3.05, 3.63) is 17.7 Å². The Hall–Kier alpha value is -1.99. The number of hydrogen-bond donors (Lipinski definition) is 1. The van der Waals surface area contributed by atoms with E-state index in [1.807, 2.05) is 6.07 Å². The maximum absolute atomic E-state index is 12.2. The molecule has 7 nitrogen and oxygen atoms in total. The van der Waals surface area contributed by atoms with Crippen molar-refractivity contribution >= 4 is 17.3 Å². The highest BCUT2D eigenvalue weighted by Gasteiger charge is 2.28. The molecule has 138 valence electrons. The molecule has 2 aliphatic rings. The van der Waals surface area contributed by atoms with Crippen LogP contribution in [0.4, 0.5) is 11.4 Å². The third-order valence-electron chi connectivity index (χ3n) is 5.12. The van der Waals surface area contributed by atoms with E-state index in [0.29, 0.717) is 23.0 Å². The first kappa shape index (κ1) is 17.8. The quantitative estimate of drug-likeness (QED) is 0.650. The van der Waals surface area contributed by atoms with Gasteiger partial charge in [0.1, 0.15) is 5.75 Å². The Kier molecular flexibility index (Phi) is 5.65. The summed E-state index contributed by atoms with van der Waals surface area (Å²) in [5.74, 6) is 0.206. The third-order valence-corrected chi connectivity index (χ3v) is 5.12. The van der Waals surface area contributed by atoms with Crippen LogP contribution in [0.25, 0.3) is 0 Å². The van der Waals surface area contributed by atoms with Crippen LogP contribution in [0.2, 0.25) is 0 Å². The maximum atomic E-state index is 12.2. The Morgan fingerprint density at radius 1 is 1.16 bits per heavy atom. The van der Waals surface area contributed by atoms with Gasteiger partial charge in [0.25, 0.3) is 0 Å².